The third-order valence-corrected chi connectivity index (χ3v) is 2.64. The van der Waals surface area contributed by atoms with Gasteiger partial charge in [-0.25, -0.2) is 0 Å². The number of benzene rings is 1. The molecule has 0 fully saturated rings. The van der Waals surface area contributed by atoms with Gasteiger partial charge in [-0.1, -0.05) is 0 Å². The molecule has 4 heteroatoms. The van der Waals surface area contributed by atoms with Gasteiger partial charge in [0.05, 0.1) is 7.11 Å². The van der Waals surface area contributed by atoms with Crippen molar-refractivity contribution in [1.29, 1.82) is 0 Å². The lowest BCUT2D eigenvalue weighted by atomic mass is 10.2. The van der Waals surface area contributed by atoms with Gasteiger partial charge in [0, 0.05) is 18.7 Å². The molecule has 17 heavy (non-hydrogen) atoms. The van der Waals surface area contributed by atoms with Crippen LogP contribution in [0.2, 0.25) is 0 Å². The summed E-state index contributed by atoms with van der Waals surface area (Å²) < 4.78 is 5.06. The Morgan fingerprint density at radius 3 is 2.47 bits per heavy atom. The van der Waals surface area contributed by atoms with Crippen LogP contribution in [0.4, 0.5) is 0 Å². The van der Waals surface area contributed by atoms with Gasteiger partial charge in [0.25, 0.3) is 5.91 Å². The largest absolute Gasteiger partial charge is 0.497 e. The monoisotopic (exact) mass is 236 g/mol. The maximum absolute atomic E-state index is 12.1. The first-order valence-corrected chi connectivity index (χ1v) is 5.86. The van der Waals surface area contributed by atoms with Gasteiger partial charge in [-0.3, -0.25) is 4.79 Å². The normalized spacial score (nSPS) is 10.1. The average Bonchev–Trinajstić information content (AvgIpc) is 2.39. The van der Waals surface area contributed by atoms with Crippen molar-refractivity contribution in [3.05, 3.63) is 29.8 Å². The van der Waals surface area contributed by atoms with E-state index in [1.54, 1.807) is 36.3 Å². The molecule has 0 aliphatic carbocycles. The van der Waals surface area contributed by atoms with Crippen molar-refractivity contribution in [2.45, 2.75) is 13.3 Å². The van der Waals surface area contributed by atoms with Crippen LogP contribution < -0.4 is 10.5 Å². The minimum Gasteiger partial charge on any atom is -0.497 e. The molecule has 0 aliphatic heterocycles. The van der Waals surface area contributed by atoms with Crippen LogP contribution in [0.25, 0.3) is 0 Å². The highest BCUT2D eigenvalue weighted by Crippen LogP contribution is 2.13. The third-order valence-electron chi connectivity index (χ3n) is 2.64. The lowest BCUT2D eigenvalue weighted by Gasteiger charge is -2.20. The van der Waals surface area contributed by atoms with E-state index in [1.165, 1.54) is 0 Å². The molecule has 0 heterocycles. The van der Waals surface area contributed by atoms with E-state index in [-0.39, 0.29) is 5.91 Å². The van der Waals surface area contributed by atoms with Gasteiger partial charge in [-0.05, 0) is 44.2 Å². The van der Waals surface area contributed by atoms with Crippen molar-refractivity contribution in [2.24, 2.45) is 5.73 Å². The number of nitrogens with zero attached hydrogens (tertiary/aromatic N) is 1. The van der Waals surface area contributed by atoms with Crippen molar-refractivity contribution in [3.63, 3.8) is 0 Å². The van der Waals surface area contributed by atoms with Crippen LogP contribution in [-0.2, 0) is 0 Å². The van der Waals surface area contributed by atoms with Gasteiger partial charge in [0.1, 0.15) is 5.75 Å². The van der Waals surface area contributed by atoms with Gasteiger partial charge in [0.15, 0.2) is 0 Å². The van der Waals surface area contributed by atoms with Gasteiger partial charge in [-0.15, -0.1) is 0 Å². The fourth-order valence-electron chi connectivity index (χ4n) is 1.60. The second kappa shape index (κ2) is 6.91. The zero-order chi connectivity index (χ0) is 12.7. The standard InChI is InChI=1S/C13H20N2O2/c1-3-15(10-4-9-14)13(16)11-5-7-12(17-2)8-6-11/h5-8H,3-4,9-10,14H2,1-2H3. The van der Waals surface area contributed by atoms with Crippen molar-refractivity contribution in [3.8, 4) is 5.75 Å². The van der Waals surface area contributed by atoms with Crippen molar-refractivity contribution >= 4 is 5.91 Å². The predicted molar refractivity (Wildman–Crippen MR) is 68.2 cm³/mol. The van der Waals surface area contributed by atoms with Crippen LogP contribution in [0, 0.1) is 0 Å². The van der Waals surface area contributed by atoms with E-state index in [0.717, 1.165) is 12.2 Å². The summed E-state index contributed by atoms with van der Waals surface area (Å²) in [4.78, 5) is 13.9. The van der Waals surface area contributed by atoms with E-state index in [0.29, 0.717) is 25.2 Å². The van der Waals surface area contributed by atoms with Crippen molar-refractivity contribution in [1.82, 2.24) is 4.90 Å². The molecule has 94 valence electrons. The van der Waals surface area contributed by atoms with Gasteiger partial charge < -0.3 is 15.4 Å². The summed E-state index contributed by atoms with van der Waals surface area (Å²) in [6.45, 7) is 3.98. The van der Waals surface area contributed by atoms with Crippen molar-refractivity contribution < 1.29 is 9.53 Å². The van der Waals surface area contributed by atoms with Crippen molar-refractivity contribution in [2.75, 3.05) is 26.7 Å². The number of rotatable bonds is 6. The maximum Gasteiger partial charge on any atom is 0.253 e. The van der Waals surface area contributed by atoms with E-state index in [1.807, 2.05) is 6.92 Å². The third kappa shape index (κ3) is 3.75. The zero-order valence-electron chi connectivity index (χ0n) is 10.5. The number of carbonyl (C=O) groups is 1. The molecule has 1 amide bonds. The van der Waals surface area contributed by atoms with Crippen LogP contribution in [-0.4, -0.2) is 37.6 Å². The molecular weight excluding hydrogens is 216 g/mol. The van der Waals surface area contributed by atoms with Crippen LogP contribution >= 0.6 is 0 Å². The van der Waals surface area contributed by atoms with E-state index >= 15 is 0 Å². The van der Waals surface area contributed by atoms with Crippen LogP contribution in [0.3, 0.4) is 0 Å². The van der Waals surface area contributed by atoms with E-state index in [2.05, 4.69) is 0 Å². The molecule has 0 saturated carbocycles. The fraction of sp³-hybridized carbons (Fsp3) is 0.462. The summed E-state index contributed by atoms with van der Waals surface area (Å²) >= 11 is 0. The van der Waals surface area contributed by atoms with Crippen LogP contribution in [0.1, 0.15) is 23.7 Å². The summed E-state index contributed by atoms with van der Waals surface area (Å²) in [5.74, 6) is 0.801. The SMILES string of the molecule is CCN(CCCN)C(=O)c1ccc(OC)cc1. The van der Waals surface area contributed by atoms with E-state index in [4.69, 9.17) is 10.5 Å². The minimum absolute atomic E-state index is 0.0450. The Morgan fingerprint density at radius 2 is 2.00 bits per heavy atom. The molecule has 0 bridgehead atoms. The maximum atomic E-state index is 12.1. The Morgan fingerprint density at radius 1 is 1.35 bits per heavy atom. The summed E-state index contributed by atoms with van der Waals surface area (Å²) in [5, 5.41) is 0. The molecule has 0 spiro atoms. The van der Waals surface area contributed by atoms with E-state index < -0.39 is 0 Å². The average molecular weight is 236 g/mol. The molecule has 0 aliphatic rings. The highest BCUT2D eigenvalue weighted by molar-refractivity contribution is 5.94. The van der Waals surface area contributed by atoms with Gasteiger partial charge in [0.2, 0.25) is 0 Å². The summed E-state index contributed by atoms with van der Waals surface area (Å²) in [6, 6.07) is 7.16. The number of amides is 1. The zero-order valence-corrected chi connectivity index (χ0v) is 10.5. The summed E-state index contributed by atoms with van der Waals surface area (Å²) in [5.41, 5.74) is 6.14. The molecule has 4 nitrogen and oxygen atoms in total. The number of ether oxygens (including phenoxy) is 1. The lowest BCUT2D eigenvalue weighted by molar-refractivity contribution is 0.0763. The Labute approximate surface area is 102 Å². The molecule has 1 aromatic carbocycles. The highest BCUT2D eigenvalue weighted by atomic mass is 16.5. The molecule has 1 aromatic rings. The minimum atomic E-state index is 0.0450. The topological polar surface area (TPSA) is 55.6 Å². The first-order chi connectivity index (χ1) is 8.22. The quantitative estimate of drug-likeness (QED) is 0.814. The Kier molecular flexibility index (Phi) is 5.49. The Hall–Kier alpha value is -1.55. The number of methoxy groups -OCH3 is 1. The molecule has 2 N–H and O–H groups in total. The molecule has 1 rings (SSSR count). The second-order valence-corrected chi connectivity index (χ2v) is 3.76. The molecular formula is C13H20N2O2. The van der Waals surface area contributed by atoms with Crippen LogP contribution in [0.15, 0.2) is 24.3 Å². The van der Waals surface area contributed by atoms with E-state index in [9.17, 15) is 4.79 Å². The fourth-order valence-corrected chi connectivity index (χ4v) is 1.60. The van der Waals surface area contributed by atoms with Crippen LogP contribution in [0.5, 0.6) is 5.75 Å². The predicted octanol–water partition coefficient (Wildman–Crippen LogP) is 1.51. The first-order valence-electron chi connectivity index (χ1n) is 5.86. The molecule has 0 aromatic heterocycles. The summed E-state index contributed by atoms with van der Waals surface area (Å²) in [6.07, 6.45) is 0.829. The molecule has 0 radical (unpaired) electrons. The number of nitrogens with two attached hydrogens (primary N) is 1. The highest BCUT2D eigenvalue weighted by Gasteiger charge is 2.13. The Bertz CT molecular complexity index is 349. The summed E-state index contributed by atoms with van der Waals surface area (Å²) in [7, 11) is 1.61. The molecule has 0 unspecified atom stereocenters. The van der Waals surface area contributed by atoms with Gasteiger partial charge >= 0.3 is 0 Å². The lowest BCUT2D eigenvalue weighted by Crippen LogP contribution is -2.32. The van der Waals surface area contributed by atoms with Gasteiger partial charge in [-0.2, -0.15) is 0 Å². The molecule has 0 saturated heterocycles. The number of hydrogen-bond acceptors (Lipinski definition) is 3. The Balaban J connectivity index is 2.71. The molecule has 0 atom stereocenters. The smallest absolute Gasteiger partial charge is 0.253 e. The number of hydrogen-bond donors (Lipinski definition) is 1. The number of carbonyl (C=O) groups excluding carboxylic acids is 1. The first kappa shape index (κ1) is 13.5. The second-order valence-electron chi connectivity index (χ2n) is 3.76.